The van der Waals surface area contributed by atoms with Crippen molar-refractivity contribution in [3.8, 4) is 11.6 Å². The summed E-state index contributed by atoms with van der Waals surface area (Å²) in [6.07, 6.45) is -4.99. The van der Waals surface area contributed by atoms with E-state index in [0.29, 0.717) is 62.2 Å². The Morgan fingerprint density at radius 3 is 2.34 bits per heavy atom. The number of aromatic nitrogens is 1. The van der Waals surface area contributed by atoms with Gasteiger partial charge in [-0.05, 0) is 83.0 Å². The van der Waals surface area contributed by atoms with Crippen molar-refractivity contribution in [2.45, 2.75) is 128 Å². The van der Waals surface area contributed by atoms with Crippen LogP contribution < -0.4 is 24.8 Å². The summed E-state index contributed by atoms with van der Waals surface area (Å²) in [7, 11) is -4.55. The number of rotatable bonds is 16. The smallest absolute Gasteiger partial charge is 0.427 e. The number of likely N-dealkylation sites (tertiary alicyclic amines) is 2. The molecule has 0 spiro atoms. The molecular weight excluding hydrogens is 849 g/mol. The lowest BCUT2D eigenvalue weighted by Crippen LogP contribution is -2.60. The quantitative estimate of drug-likeness (QED) is 0.204. The van der Waals surface area contributed by atoms with Crippen molar-refractivity contribution in [2.24, 2.45) is 11.3 Å². The van der Waals surface area contributed by atoms with Gasteiger partial charge in [-0.25, -0.2) is 18.7 Å². The largest absolute Gasteiger partial charge is 0.488 e. The van der Waals surface area contributed by atoms with E-state index in [4.69, 9.17) is 30.0 Å². The first-order valence-corrected chi connectivity index (χ1v) is 22.1. The summed E-state index contributed by atoms with van der Waals surface area (Å²) in [5.41, 5.74) is -6.28. The zero-order chi connectivity index (χ0) is 44.9. The number of nitrogens with one attached hydrogen (secondary N) is 3. The van der Waals surface area contributed by atoms with Gasteiger partial charge in [-0.1, -0.05) is 51.8 Å². The van der Waals surface area contributed by atoms with E-state index in [0.717, 1.165) is 24.4 Å². The van der Waals surface area contributed by atoms with Gasteiger partial charge in [-0.2, -0.15) is 21.6 Å². The van der Waals surface area contributed by atoms with E-state index in [-0.39, 0.29) is 31.0 Å². The number of alkyl halides is 3. The summed E-state index contributed by atoms with van der Waals surface area (Å²) in [6.45, 7) is 12.1. The van der Waals surface area contributed by atoms with Crippen LogP contribution >= 0.6 is 11.6 Å². The Morgan fingerprint density at radius 1 is 1.08 bits per heavy atom. The molecule has 6 rings (SSSR count). The standard InChI is InChI=1S/C40H54ClF3N6O10S/c1-8-23-21-39(23,34(53)48-61(55,56)60-38(7)13-14-38)47-32(51)27-19-24(22-50(27)33(52)31(36(2,3)4)46-35(54)59-37(5,6)40(42,43)44)58-28-20-29(57-18-17-49-15-10-16-49)45-30-25(28)11-9-12-26(30)41/h9,11-12,20,23-24,27,31H,8,10,13-19,21-22H2,1-7H3,(H,46,54)(H,47,51)(H,48,53)/t23-,24-,27+,31-,39-/m1/s1. The Hall–Kier alpha value is -4.14. The number of para-hydroxylation sites is 1. The Kier molecular flexibility index (Phi) is 12.8. The average molecular weight is 903 g/mol. The molecule has 1 aromatic heterocycles. The maximum atomic E-state index is 14.7. The third-order valence-corrected chi connectivity index (χ3v) is 13.1. The molecule has 2 saturated heterocycles. The maximum Gasteiger partial charge on any atom is 0.427 e. The SMILES string of the molecule is CC[C@@H]1C[C@]1(NC(=O)[C@@H]1C[C@@H](Oc2cc(OCCN3CCC3)nc3c(Cl)cccc23)CN1C(=O)[C@@H](NC(=O)OC(C)(C)C(F)(F)F)C(C)(C)C)C(=O)NS(=O)(=O)OC1(C)CC1. The number of ether oxygens (including phenoxy) is 3. The minimum Gasteiger partial charge on any atom is -0.488 e. The molecule has 0 radical (unpaired) electrons. The van der Waals surface area contributed by atoms with Crippen LogP contribution in [-0.4, -0.2) is 121 Å². The molecule has 16 nitrogen and oxygen atoms in total. The van der Waals surface area contributed by atoms with Gasteiger partial charge in [0.05, 0.1) is 22.7 Å². The lowest BCUT2D eigenvalue weighted by molar-refractivity contribution is -0.244. The predicted octanol–water partition coefficient (Wildman–Crippen LogP) is 5.02. The molecule has 2 aliphatic carbocycles. The minimum atomic E-state index is -4.93. The van der Waals surface area contributed by atoms with Gasteiger partial charge in [0.2, 0.25) is 23.3 Å². The summed E-state index contributed by atoms with van der Waals surface area (Å²) in [5.74, 6) is -2.67. The highest BCUT2D eigenvalue weighted by molar-refractivity contribution is 7.85. The number of halogens is 4. The summed E-state index contributed by atoms with van der Waals surface area (Å²) >= 11 is 6.57. The van der Waals surface area contributed by atoms with Gasteiger partial charge in [0, 0.05) is 24.4 Å². The van der Waals surface area contributed by atoms with Crippen LogP contribution in [0.4, 0.5) is 18.0 Å². The van der Waals surface area contributed by atoms with Crippen molar-refractivity contribution in [2.75, 3.05) is 32.8 Å². The molecule has 4 aliphatic rings. The van der Waals surface area contributed by atoms with Gasteiger partial charge < -0.3 is 29.7 Å². The first-order valence-electron chi connectivity index (χ1n) is 20.3. The van der Waals surface area contributed by atoms with E-state index in [1.807, 2.05) is 4.72 Å². The van der Waals surface area contributed by atoms with Crippen LogP contribution in [0.1, 0.15) is 87.0 Å². The highest BCUT2D eigenvalue weighted by Gasteiger charge is 2.62. The number of fused-ring (bicyclic) bond motifs is 1. The Labute approximate surface area is 358 Å². The van der Waals surface area contributed by atoms with Gasteiger partial charge in [-0.3, -0.25) is 19.3 Å². The molecule has 0 bridgehead atoms. The normalized spacial score (nSPS) is 24.3. The Bertz CT molecular complexity index is 2150. The number of amides is 4. The first-order chi connectivity index (χ1) is 28.3. The van der Waals surface area contributed by atoms with Gasteiger partial charge in [0.15, 0.2) is 0 Å². The zero-order valence-corrected chi connectivity index (χ0v) is 36.8. The van der Waals surface area contributed by atoms with Crippen LogP contribution in [0.2, 0.25) is 5.02 Å². The summed E-state index contributed by atoms with van der Waals surface area (Å²) in [6, 6.07) is 3.74. The fraction of sp³-hybridized carbons (Fsp3) is 0.675. The van der Waals surface area contributed by atoms with Gasteiger partial charge in [0.1, 0.15) is 36.1 Å². The third-order valence-electron chi connectivity index (χ3n) is 11.7. The summed E-state index contributed by atoms with van der Waals surface area (Å²) in [5, 5.41) is 5.83. The van der Waals surface area contributed by atoms with Crippen molar-refractivity contribution in [3.63, 3.8) is 0 Å². The van der Waals surface area contributed by atoms with Crippen LogP contribution in [0.3, 0.4) is 0 Å². The number of carbonyl (C=O) groups is 4. The third kappa shape index (κ3) is 10.6. The van der Waals surface area contributed by atoms with Crippen molar-refractivity contribution < 1.29 is 59.2 Å². The number of hydrogen-bond acceptors (Lipinski definition) is 12. The van der Waals surface area contributed by atoms with Gasteiger partial charge >= 0.3 is 22.6 Å². The Balaban J connectivity index is 1.29. The number of carbonyl (C=O) groups excluding carboxylic acids is 4. The van der Waals surface area contributed by atoms with E-state index in [1.54, 1.807) is 58.9 Å². The molecule has 4 fully saturated rings. The number of hydrogen-bond donors (Lipinski definition) is 3. The zero-order valence-electron chi connectivity index (χ0n) is 35.2. The van der Waals surface area contributed by atoms with E-state index in [1.165, 1.54) is 0 Å². The predicted molar refractivity (Wildman–Crippen MR) is 216 cm³/mol. The molecule has 5 atom stereocenters. The Morgan fingerprint density at radius 2 is 1.77 bits per heavy atom. The van der Waals surface area contributed by atoms with Crippen molar-refractivity contribution in [1.29, 1.82) is 0 Å². The molecule has 1 aromatic carbocycles. The molecule has 0 unspecified atom stereocenters. The van der Waals surface area contributed by atoms with Crippen molar-refractivity contribution in [1.82, 2.24) is 30.1 Å². The van der Waals surface area contributed by atoms with Crippen molar-refractivity contribution in [3.05, 3.63) is 29.3 Å². The number of alkyl carbamates (subject to hydrolysis) is 1. The molecular formula is C40H54ClF3N6O10S. The monoisotopic (exact) mass is 902 g/mol. The minimum absolute atomic E-state index is 0.0890. The van der Waals surface area contributed by atoms with E-state index < -0.39 is 86.6 Å². The van der Waals surface area contributed by atoms with E-state index in [2.05, 4.69) is 20.5 Å². The van der Waals surface area contributed by atoms with Crippen LogP contribution in [0.15, 0.2) is 24.3 Å². The van der Waals surface area contributed by atoms with Gasteiger partial charge in [-0.15, -0.1) is 0 Å². The van der Waals surface area contributed by atoms with Crippen LogP contribution in [0.5, 0.6) is 11.6 Å². The molecule has 2 aromatic rings. The number of benzene rings is 1. The lowest BCUT2D eigenvalue weighted by Gasteiger charge is -2.36. The number of nitrogens with zero attached hydrogens (tertiary/aromatic N) is 3. The molecule has 21 heteroatoms. The van der Waals surface area contributed by atoms with E-state index >= 15 is 0 Å². The summed E-state index contributed by atoms with van der Waals surface area (Å²) < 4.78 is 91.1. The van der Waals surface area contributed by atoms with Crippen molar-refractivity contribution >= 4 is 56.6 Å². The molecule has 3 heterocycles. The summed E-state index contributed by atoms with van der Waals surface area (Å²) in [4.78, 5) is 63.8. The molecule has 4 amide bonds. The lowest BCUT2D eigenvalue weighted by atomic mass is 9.85. The van der Waals surface area contributed by atoms with E-state index in [9.17, 15) is 40.8 Å². The maximum absolute atomic E-state index is 14.7. The second-order valence-electron chi connectivity index (χ2n) is 18.1. The second-order valence-corrected chi connectivity index (χ2v) is 19.8. The number of pyridine rings is 1. The molecule has 2 saturated carbocycles. The average Bonchev–Trinajstić information content (AvgIpc) is 3.99. The van der Waals surface area contributed by atoms with Crippen LogP contribution in [0.25, 0.3) is 10.9 Å². The van der Waals surface area contributed by atoms with Crippen LogP contribution in [0, 0.1) is 11.3 Å². The molecule has 61 heavy (non-hydrogen) atoms. The molecule has 3 N–H and O–H groups in total. The highest BCUT2D eigenvalue weighted by atomic mass is 35.5. The molecule has 2 aliphatic heterocycles. The van der Waals surface area contributed by atoms with Crippen LogP contribution in [-0.2, 0) is 33.6 Å². The molecule has 338 valence electrons. The topological polar surface area (TPSA) is 195 Å². The first kappa shape index (κ1) is 46.4. The fourth-order valence-electron chi connectivity index (χ4n) is 7.39. The van der Waals surface area contributed by atoms with Gasteiger partial charge in [0.25, 0.3) is 5.91 Å². The second kappa shape index (κ2) is 16.9. The fourth-order valence-corrected chi connectivity index (χ4v) is 8.75. The highest BCUT2D eigenvalue weighted by Crippen LogP contribution is 2.47.